The van der Waals surface area contributed by atoms with Crippen molar-refractivity contribution in [2.45, 2.75) is 32.0 Å². The van der Waals surface area contributed by atoms with Crippen LogP contribution in [0.2, 0.25) is 0 Å². The summed E-state index contributed by atoms with van der Waals surface area (Å²) < 4.78 is 16.0. The Morgan fingerprint density at radius 3 is 2.77 bits per heavy atom. The first kappa shape index (κ1) is 23.8. The fourth-order valence-corrected chi connectivity index (χ4v) is 5.98. The number of hydrogen-bond acceptors (Lipinski definition) is 5. The van der Waals surface area contributed by atoms with E-state index in [4.69, 9.17) is 20.2 Å². The van der Waals surface area contributed by atoms with Crippen LogP contribution in [0, 0.1) is 0 Å². The molecule has 0 radical (unpaired) electrons. The van der Waals surface area contributed by atoms with Gasteiger partial charge in [0.2, 0.25) is 0 Å². The van der Waals surface area contributed by atoms with Gasteiger partial charge in [-0.25, -0.2) is 4.98 Å². The van der Waals surface area contributed by atoms with Gasteiger partial charge in [-0.1, -0.05) is 30.3 Å². The lowest BCUT2D eigenvalue weighted by Gasteiger charge is -2.31. The van der Waals surface area contributed by atoms with Crippen LogP contribution in [0.15, 0.2) is 66.7 Å². The molecule has 2 aliphatic rings. The first-order valence-corrected chi connectivity index (χ1v) is 13.5. The normalized spacial score (nSPS) is 17.0. The second-order valence-corrected chi connectivity index (χ2v) is 10.5. The van der Waals surface area contributed by atoms with Gasteiger partial charge < -0.3 is 29.2 Å². The molecule has 2 aliphatic heterocycles. The smallest absolute Gasteiger partial charge is 0.254 e. The number of hydrogen-bond donors (Lipinski definition) is 1. The van der Waals surface area contributed by atoms with Crippen molar-refractivity contribution in [2.24, 2.45) is 5.73 Å². The summed E-state index contributed by atoms with van der Waals surface area (Å²) in [5, 5.41) is 1.16. The molecular weight excluding hydrogens is 490 g/mol. The Bertz CT molecular complexity index is 1700. The van der Waals surface area contributed by atoms with E-state index in [1.54, 1.807) is 7.11 Å². The molecule has 0 spiro atoms. The van der Waals surface area contributed by atoms with Crippen LogP contribution < -0.4 is 15.2 Å². The lowest BCUT2D eigenvalue weighted by molar-refractivity contribution is 0.0708. The Balaban J connectivity index is 1.35. The number of amides is 1. The van der Waals surface area contributed by atoms with Crippen molar-refractivity contribution >= 4 is 27.8 Å². The first-order valence-electron chi connectivity index (χ1n) is 13.5. The molecule has 39 heavy (non-hydrogen) atoms. The minimum absolute atomic E-state index is 0.0119. The highest BCUT2D eigenvalue weighted by Crippen LogP contribution is 2.37. The Kier molecular flexibility index (Phi) is 5.77. The van der Waals surface area contributed by atoms with E-state index in [0.29, 0.717) is 37.6 Å². The van der Waals surface area contributed by atoms with Gasteiger partial charge >= 0.3 is 0 Å². The molecule has 0 bridgehead atoms. The number of ether oxygens (including phenoxy) is 2. The van der Waals surface area contributed by atoms with E-state index in [0.717, 1.165) is 58.6 Å². The lowest BCUT2D eigenvalue weighted by atomic mass is 10.0. The number of carbonyl (C=O) groups excluding carboxylic acids is 1. The Labute approximate surface area is 226 Å². The molecule has 198 valence electrons. The van der Waals surface area contributed by atoms with Crippen molar-refractivity contribution in [3.63, 3.8) is 0 Å². The highest BCUT2D eigenvalue weighted by molar-refractivity contribution is 6.00. The van der Waals surface area contributed by atoms with E-state index in [2.05, 4.69) is 51.6 Å². The molecule has 2 aromatic heterocycles. The van der Waals surface area contributed by atoms with Crippen LogP contribution in [-0.4, -0.2) is 57.8 Å². The van der Waals surface area contributed by atoms with Gasteiger partial charge in [-0.05, 0) is 54.8 Å². The number of likely N-dealkylation sites (tertiary alicyclic amines) is 1. The maximum atomic E-state index is 13.4. The van der Waals surface area contributed by atoms with Crippen molar-refractivity contribution in [3.05, 3.63) is 77.9 Å². The van der Waals surface area contributed by atoms with Gasteiger partial charge in [-0.3, -0.25) is 4.79 Å². The number of methoxy groups -OCH3 is 1. The number of fused-ring (bicyclic) bond motifs is 1. The van der Waals surface area contributed by atoms with Crippen molar-refractivity contribution in [3.8, 4) is 23.0 Å². The Morgan fingerprint density at radius 1 is 1.10 bits per heavy atom. The fraction of sp³-hybridized carbons (Fsp3) is 0.290. The molecule has 8 heteroatoms. The molecule has 0 saturated carbocycles. The second kappa shape index (κ2) is 9.47. The molecule has 4 heterocycles. The molecule has 7 rings (SSSR count). The third-order valence-electron chi connectivity index (χ3n) is 7.91. The molecule has 1 amide bonds. The van der Waals surface area contributed by atoms with Crippen LogP contribution >= 0.6 is 0 Å². The van der Waals surface area contributed by atoms with Gasteiger partial charge in [0.15, 0.2) is 5.82 Å². The van der Waals surface area contributed by atoms with Crippen LogP contribution in [0.25, 0.3) is 33.5 Å². The van der Waals surface area contributed by atoms with Crippen molar-refractivity contribution in [2.75, 3.05) is 26.8 Å². The predicted molar refractivity (Wildman–Crippen MR) is 151 cm³/mol. The molecule has 1 fully saturated rings. The predicted octanol–water partition coefficient (Wildman–Crippen LogP) is 4.67. The maximum Gasteiger partial charge on any atom is 0.254 e. The number of carbonyl (C=O) groups is 1. The Hall–Kier alpha value is -4.30. The molecular formula is C31H31N5O3. The van der Waals surface area contributed by atoms with E-state index in [1.165, 1.54) is 5.56 Å². The average Bonchev–Trinajstić information content (AvgIpc) is 3.52. The quantitative estimate of drug-likeness (QED) is 0.363. The summed E-state index contributed by atoms with van der Waals surface area (Å²) in [6.07, 6.45) is 1.88. The van der Waals surface area contributed by atoms with Crippen molar-refractivity contribution < 1.29 is 14.3 Å². The van der Waals surface area contributed by atoms with E-state index >= 15 is 0 Å². The minimum atomic E-state index is -0.0119. The molecule has 1 atom stereocenters. The summed E-state index contributed by atoms with van der Waals surface area (Å²) in [4.78, 5) is 20.4. The van der Waals surface area contributed by atoms with Crippen LogP contribution in [0.3, 0.4) is 0 Å². The number of nitrogens with two attached hydrogens (primary N) is 1. The standard InChI is InChI=1S/C31H31N5O3/c1-38-24-10-8-20(9-11-24)18-36-26-7-3-2-5-21(26)16-27(36)30-33-25-15-22(17-28-29(25)35(30)13-14-39-28)31(37)34-12-4-6-23(32)19-34/h2-3,5,7-11,15-17,23H,4,6,12-14,18-19,32H2,1H3/t23-/m1/s1. The summed E-state index contributed by atoms with van der Waals surface area (Å²) in [5.41, 5.74) is 11.8. The summed E-state index contributed by atoms with van der Waals surface area (Å²) in [5.74, 6) is 2.41. The van der Waals surface area contributed by atoms with E-state index in [9.17, 15) is 4.79 Å². The monoisotopic (exact) mass is 521 g/mol. The maximum absolute atomic E-state index is 13.4. The number of para-hydroxylation sites is 1. The number of imidazole rings is 1. The van der Waals surface area contributed by atoms with Crippen LogP contribution in [0.5, 0.6) is 11.5 Å². The fourth-order valence-electron chi connectivity index (χ4n) is 5.98. The van der Waals surface area contributed by atoms with E-state index in [-0.39, 0.29) is 11.9 Å². The van der Waals surface area contributed by atoms with Gasteiger partial charge in [0, 0.05) is 42.1 Å². The largest absolute Gasteiger partial charge is 0.497 e. The summed E-state index contributed by atoms with van der Waals surface area (Å²) in [6, 6.07) is 22.6. The third-order valence-corrected chi connectivity index (χ3v) is 7.91. The topological polar surface area (TPSA) is 87.5 Å². The number of piperidine rings is 1. The van der Waals surface area contributed by atoms with Crippen LogP contribution in [-0.2, 0) is 13.1 Å². The highest BCUT2D eigenvalue weighted by Gasteiger charge is 2.27. The van der Waals surface area contributed by atoms with Crippen LogP contribution in [0.4, 0.5) is 0 Å². The molecule has 0 unspecified atom stereocenters. The van der Waals surface area contributed by atoms with Gasteiger partial charge in [0.25, 0.3) is 5.91 Å². The van der Waals surface area contributed by atoms with Gasteiger partial charge in [0.05, 0.1) is 24.9 Å². The van der Waals surface area contributed by atoms with Crippen molar-refractivity contribution in [1.29, 1.82) is 0 Å². The summed E-state index contributed by atoms with van der Waals surface area (Å²) in [7, 11) is 1.68. The average molecular weight is 522 g/mol. The number of nitrogens with zero attached hydrogens (tertiary/aromatic N) is 4. The second-order valence-electron chi connectivity index (χ2n) is 10.5. The minimum Gasteiger partial charge on any atom is -0.497 e. The molecule has 5 aromatic rings. The summed E-state index contributed by atoms with van der Waals surface area (Å²) in [6.45, 7) is 3.22. The van der Waals surface area contributed by atoms with Crippen molar-refractivity contribution in [1.82, 2.24) is 19.0 Å². The SMILES string of the molecule is COc1ccc(Cn2c(-c3nc4cc(C(=O)N5CCC[C@@H](N)C5)cc5c4n3CCO5)cc3ccccc32)cc1. The molecule has 0 aliphatic carbocycles. The number of aromatic nitrogens is 3. The van der Waals surface area contributed by atoms with E-state index < -0.39 is 0 Å². The highest BCUT2D eigenvalue weighted by atomic mass is 16.5. The molecule has 3 aromatic carbocycles. The number of benzene rings is 3. The van der Waals surface area contributed by atoms with Gasteiger partial charge in [-0.2, -0.15) is 0 Å². The number of rotatable bonds is 5. The molecule has 8 nitrogen and oxygen atoms in total. The van der Waals surface area contributed by atoms with E-state index in [1.807, 2.05) is 29.2 Å². The lowest BCUT2D eigenvalue weighted by Crippen LogP contribution is -2.45. The Morgan fingerprint density at radius 2 is 1.95 bits per heavy atom. The summed E-state index contributed by atoms with van der Waals surface area (Å²) >= 11 is 0. The van der Waals surface area contributed by atoms with Gasteiger partial charge in [0.1, 0.15) is 23.6 Å². The zero-order chi connectivity index (χ0) is 26.5. The first-order chi connectivity index (χ1) is 19.1. The van der Waals surface area contributed by atoms with Gasteiger partial charge in [-0.15, -0.1) is 0 Å². The molecule has 2 N–H and O–H groups in total. The van der Waals surface area contributed by atoms with Crippen LogP contribution in [0.1, 0.15) is 28.8 Å². The zero-order valence-electron chi connectivity index (χ0n) is 22.0. The molecule has 1 saturated heterocycles. The zero-order valence-corrected chi connectivity index (χ0v) is 22.0. The third kappa shape index (κ3) is 4.12.